The maximum Gasteiger partial charge on any atom is 0.253 e. The van der Waals surface area contributed by atoms with E-state index in [1.54, 1.807) is 12.1 Å². The quantitative estimate of drug-likeness (QED) is 0.750. The topological polar surface area (TPSA) is 32.3 Å². The summed E-state index contributed by atoms with van der Waals surface area (Å²) in [7, 11) is 0. The molecule has 2 aliphatic rings. The minimum absolute atomic E-state index is 0.0340. The van der Waals surface area contributed by atoms with Gasteiger partial charge >= 0.3 is 0 Å². The number of nitrogens with one attached hydrogen (secondary N) is 1. The molecule has 1 amide bonds. The summed E-state index contributed by atoms with van der Waals surface area (Å²) in [6.45, 7) is 3.72. The van der Waals surface area contributed by atoms with Crippen molar-refractivity contribution in [2.45, 2.75) is 12.8 Å². The molecule has 1 aromatic rings. The summed E-state index contributed by atoms with van der Waals surface area (Å²) in [6.07, 6.45) is 2.10. The zero-order chi connectivity index (χ0) is 14.1. The van der Waals surface area contributed by atoms with E-state index >= 15 is 0 Å². The minimum atomic E-state index is -0.313. The van der Waals surface area contributed by atoms with Crippen LogP contribution in [0.1, 0.15) is 23.2 Å². The molecule has 3 nitrogen and oxygen atoms in total. The Labute approximate surface area is 132 Å². The van der Waals surface area contributed by atoms with Crippen LogP contribution in [0.15, 0.2) is 18.2 Å². The van der Waals surface area contributed by atoms with E-state index < -0.39 is 0 Å². The third-order valence-electron chi connectivity index (χ3n) is 4.47. The average Bonchev–Trinajstić information content (AvgIpc) is 2.80. The number of halogens is 2. The molecule has 1 aromatic carbocycles. The summed E-state index contributed by atoms with van der Waals surface area (Å²) in [5, 5.41) is 3.43. The maximum absolute atomic E-state index is 13.6. The molecule has 108 valence electrons. The van der Waals surface area contributed by atoms with E-state index in [0.29, 0.717) is 21.0 Å². The van der Waals surface area contributed by atoms with Crippen molar-refractivity contribution in [2.24, 2.45) is 11.8 Å². The number of rotatable bonds is 1. The fraction of sp³-hybridized carbons (Fsp3) is 0.533. The van der Waals surface area contributed by atoms with Crippen LogP contribution in [0, 0.1) is 21.2 Å². The summed E-state index contributed by atoms with van der Waals surface area (Å²) < 4.78 is 14.1. The summed E-state index contributed by atoms with van der Waals surface area (Å²) in [5.41, 5.74) is 0.466. The van der Waals surface area contributed by atoms with Crippen LogP contribution in [0.2, 0.25) is 0 Å². The van der Waals surface area contributed by atoms with Crippen molar-refractivity contribution in [1.29, 1.82) is 0 Å². The van der Waals surface area contributed by atoms with Gasteiger partial charge in [-0.25, -0.2) is 4.39 Å². The first-order valence-electron chi connectivity index (χ1n) is 7.10. The fourth-order valence-electron chi connectivity index (χ4n) is 3.23. The molecule has 0 unspecified atom stereocenters. The van der Waals surface area contributed by atoms with Crippen LogP contribution in [0.5, 0.6) is 0 Å². The molecule has 0 aliphatic carbocycles. The Kier molecular flexibility index (Phi) is 4.26. The molecule has 0 saturated carbocycles. The molecule has 0 radical (unpaired) electrons. The monoisotopic (exact) mass is 388 g/mol. The third-order valence-corrected chi connectivity index (χ3v) is 5.35. The number of carbonyl (C=O) groups is 1. The van der Waals surface area contributed by atoms with Crippen LogP contribution in [0.3, 0.4) is 0 Å². The zero-order valence-corrected chi connectivity index (χ0v) is 13.4. The van der Waals surface area contributed by atoms with E-state index in [1.165, 1.54) is 6.07 Å². The van der Waals surface area contributed by atoms with E-state index in [9.17, 15) is 9.18 Å². The molecule has 0 aromatic heterocycles. The van der Waals surface area contributed by atoms with E-state index in [1.807, 2.05) is 27.5 Å². The van der Waals surface area contributed by atoms with E-state index in [4.69, 9.17) is 0 Å². The number of fused-ring (bicyclic) bond motifs is 1. The molecule has 0 bridgehead atoms. The first-order chi connectivity index (χ1) is 9.65. The summed E-state index contributed by atoms with van der Waals surface area (Å²) in [4.78, 5) is 14.4. The molecule has 2 aliphatic heterocycles. The van der Waals surface area contributed by atoms with Gasteiger partial charge in [-0.05, 0) is 78.6 Å². The van der Waals surface area contributed by atoms with Gasteiger partial charge in [0.25, 0.3) is 5.91 Å². The van der Waals surface area contributed by atoms with Crippen LogP contribution in [0.25, 0.3) is 0 Å². The van der Waals surface area contributed by atoms with Gasteiger partial charge in [0.2, 0.25) is 0 Å². The Bertz CT molecular complexity index is 509. The SMILES string of the molecule is O=C(c1ccc(I)c(F)c1)N1CC[C@@H]2CNC[C@@H]2CC1. The fourth-order valence-corrected chi connectivity index (χ4v) is 3.57. The van der Waals surface area contributed by atoms with Gasteiger partial charge in [-0.15, -0.1) is 0 Å². The number of benzene rings is 1. The van der Waals surface area contributed by atoms with Crippen molar-refractivity contribution >= 4 is 28.5 Å². The molecule has 3 rings (SSSR count). The van der Waals surface area contributed by atoms with Gasteiger partial charge in [-0.1, -0.05) is 0 Å². The third kappa shape index (κ3) is 2.83. The standard InChI is InChI=1S/C15H18FIN2O/c16-13-7-10(1-2-14(13)17)15(20)19-5-3-11-8-18-9-12(11)4-6-19/h1-2,7,11-12,18H,3-6,8-9H2/t11-,12+. The molecule has 2 saturated heterocycles. The summed E-state index contributed by atoms with van der Waals surface area (Å²) in [6, 6.07) is 4.75. The largest absolute Gasteiger partial charge is 0.339 e. The van der Waals surface area contributed by atoms with Crippen molar-refractivity contribution in [3.63, 3.8) is 0 Å². The molecular weight excluding hydrogens is 370 g/mol. The van der Waals surface area contributed by atoms with Crippen LogP contribution in [-0.2, 0) is 0 Å². The number of amides is 1. The minimum Gasteiger partial charge on any atom is -0.339 e. The summed E-state index contributed by atoms with van der Waals surface area (Å²) >= 11 is 1.94. The highest BCUT2D eigenvalue weighted by molar-refractivity contribution is 14.1. The molecule has 20 heavy (non-hydrogen) atoms. The van der Waals surface area contributed by atoms with Crippen molar-refractivity contribution in [2.75, 3.05) is 26.2 Å². The second-order valence-electron chi connectivity index (χ2n) is 5.68. The van der Waals surface area contributed by atoms with Gasteiger partial charge in [0.05, 0.1) is 0 Å². The van der Waals surface area contributed by atoms with Gasteiger partial charge in [0.1, 0.15) is 5.82 Å². The van der Waals surface area contributed by atoms with Gasteiger partial charge in [0.15, 0.2) is 0 Å². The van der Waals surface area contributed by atoms with E-state index in [2.05, 4.69) is 5.32 Å². The Morgan fingerprint density at radius 3 is 2.50 bits per heavy atom. The number of hydrogen-bond donors (Lipinski definition) is 1. The first-order valence-corrected chi connectivity index (χ1v) is 8.18. The number of likely N-dealkylation sites (tertiary alicyclic amines) is 1. The zero-order valence-electron chi connectivity index (χ0n) is 11.2. The molecule has 2 heterocycles. The number of carbonyl (C=O) groups excluding carboxylic acids is 1. The Morgan fingerprint density at radius 2 is 1.90 bits per heavy atom. The lowest BCUT2D eigenvalue weighted by Crippen LogP contribution is -2.32. The van der Waals surface area contributed by atoms with Gasteiger partial charge in [-0.2, -0.15) is 0 Å². The predicted octanol–water partition coefficient (Wildman–Crippen LogP) is 2.50. The van der Waals surface area contributed by atoms with Crippen LogP contribution < -0.4 is 5.32 Å². The highest BCUT2D eigenvalue weighted by atomic mass is 127. The molecule has 2 atom stereocenters. The lowest BCUT2D eigenvalue weighted by atomic mass is 9.92. The molecule has 1 N–H and O–H groups in total. The van der Waals surface area contributed by atoms with Crippen LogP contribution >= 0.6 is 22.6 Å². The van der Waals surface area contributed by atoms with Crippen molar-refractivity contribution in [1.82, 2.24) is 10.2 Å². The van der Waals surface area contributed by atoms with Crippen LogP contribution in [0.4, 0.5) is 4.39 Å². The van der Waals surface area contributed by atoms with Crippen molar-refractivity contribution < 1.29 is 9.18 Å². The Hall–Kier alpha value is -0.690. The lowest BCUT2D eigenvalue weighted by molar-refractivity contribution is 0.0758. The van der Waals surface area contributed by atoms with Gasteiger partial charge < -0.3 is 10.2 Å². The number of nitrogens with zero attached hydrogens (tertiary/aromatic N) is 1. The smallest absolute Gasteiger partial charge is 0.253 e. The summed E-state index contributed by atoms with van der Waals surface area (Å²) in [5.74, 6) is 1.04. The van der Waals surface area contributed by atoms with Gasteiger partial charge in [-0.3, -0.25) is 4.79 Å². The average molecular weight is 388 g/mol. The highest BCUT2D eigenvalue weighted by Gasteiger charge is 2.31. The predicted molar refractivity (Wildman–Crippen MR) is 84.1 cm³/mol. The highest BCUT2D eigenvalue weighted by Crippen LogP contribution is 2.27. The molecule has 0 spiro atoms. The molecule has 2 fully saturated rings. The molecular formula is C15H18FIN2O. The second kappa shape index (κ2) is 5.97. The normalized spacial score (nSPS) is 26.2. The second-order valence-corrected chi connectivity index (χ2v) is 6.84. The first kappa shape index (κ1) is 14.3. The lowest BCUT2D eigenvalue weighted by Gasteiger charge is -2.21. The maximum atomic E-state index is 13.6. The van der Waals surface area contributed by atoms with Crippen LogP contribution in [-0.4, -0.2) is 37.0 Å². The Balaban J connectivity index is 1.72. The number of hydrogen-bond acceptors (Lipinski definition) is 2. The molecule has 5 heteroatoms. The van der Waals surface area contributed by atoms with Gasteiger partial charge in [0, 0.05) is 22.2 Å². The van der Waals surface area contributed by atoms with E-state index in [-0.39, 0.29) is 11.7 Å². The Morgan fingerprint density at radius 1 is 1.25 bits per heavy atom. The van der Waals surface area contributed by atoms with Crippen molar-refractivity contribution in [3.05, 3.63) is 33.1 Å². The van der Waals surface area contributed by atoms with Crippen molar-refractivity contribution in [3.8, 4) is 0 Å². The van der Waals surface area contributed by atoms with E-state index in [0.717, 1.165) is 39.0 Å².